The lowest BCUT2D eigenvalue weighted by Crippen LogP contribution is -2.18. The molecule has 288 valence electrons. The van der Waals surface area contributed by atoms with Crippen LogP contribution >= 0.6 is 0 Å². The van der Waals surface area contributed by atoms with Crippen molar-refractivity contribution in [3.63, 3.8) is 0 Å². The number of benzene rings is 10. The number of hydrogen-bond acceptors (Lipinski definition) is 3. The lowest BCUT2D eigenvalue weighted by molar-refractivity contribution is 0.672. The fraction of sp³-hybridized carbons (Fsp3) is 0. The fourth-order valence-electron chi connectivity index (χ4n) is 8.76. The molecule has 3 heteroatoms. The normalized spacial score (nSPS) is 11.3. The van der Waals surface area contributed by atoms with Crippen molar-refractivity contribution >= 4 is 66.8 Å². The monoisotopic (exact) mass is 780 g/mol. The Bertz CT molecular complexity index is 3270. The van der Waals surface area contributed by atoms with E-state index >= 15 is 0 Å². The van der Waals surface area contributed by atoms with Crippen molar-refractivity contribution in [2.75, 3.05) is 9.80 Å². The van der Waals surface area contributed by atoms with Crippen LogP contribution in [0.1, 0.15) is 0 Å². The van der Waals surface area contributed by atoms with Crippen molar-refractivity contribution in [1.82, 2.24) is 0 Å². The Hall–Kier alpha value is -8.14. The predicted octanol–water partition coefficient (Wildman–Crippen LogP) is 16.7. The first-order valence-electron chi connectivity index (χ1n) is 20.8. The number of fused-ring (bicyclic) bond motifs is 5. The van der Waals surface area contributed by atoms with Crippen molar-refractivity contribution in [3.05, 3.63) is 243 Å². The molecule has 11 rings (SSSR count). The van der Waals surface area contributed by atoms with Gasteiger partial charge in [-0.05, 0) is 93.9 Å². The zero-order valence-corrected chi connectivity index (χ0v) is 33.4. The van der Waals surface area contributed by atoms with E-state index in [9.17, 15) is 0 Å². The quantitative estimate of drug-likeness (QED) is 0.145. The van der Waals surface area contributed by atoms with Crippen LogP contribution in [0.2, 0.25) is 0 Å². The molecule has 0 saturated heterocycles. The largest absolute Gasteiger partial charge is 0.455 e. The van der Waals surface area contributed by atoms with Crippen molar-refractivity contribution in [2.45, 2.75) is 0 Å². The molecule has 1 heterocycles. The van der Waals surface area contributed by atoms with Gasteiger partial charge in [0.2, 0.25) is 0 Å². The molecule has 0 saturated carbocycles. The maximum Gasteiger partial charge on any atom is 0.143 e. The molecule has 1 aromatic heterocycles. The molecule has 0 N–H and O–H groups in total. The average Bonchev–Trinajstić information content (AvgIpc) is 3.74. The van der Waals surface area contributed by atoms with Crippen molar-refractivity contribution in [2.24, 2.45) is 0 Å². The van der Waals surface area contributed by atoms with Gasteiger partial charge in [-0.3, -0.25) is 0 Å². The van der Waals surface area contributed by atoms with Crippen LogP contribution in [0, 0.1) is 0 Å². The Labute approximate surface area is 355 Å². The van der Waals surface area contributed by atoms with Gasteiger partial charge in [-0.2, -0.15) is 0 Å². The van der Waals surface area contributed by atoms with Crippen LogP contribution in [0.3, 0.4) is 0 Å². The highest BCUT2D eigenvalue weighted by atomic mass is 16.3. The zero-order valence-electron chi connectivity index (χ0n) is 33.4. The van der Waals surface area contributed by atoms with E-state index in [0.29, 0.717) is 0 Å². The molecular formula is C58H40N2O. The van der Waals surface area contributed by atoms with E-state index in [2.05, 4.69) is 252 Å². The Morgan fingerprint density at radius 2 is 0.787 bits per heavy atom. The summed E-state index contributed by atoms with van der Waals surface area (Å²) in [6, 6.07) is 86.5. The molecule has 10 aromatic carbocycles. The first-order chi connectivity index (χ1) is 30.3. The Morgan fingerprint density at radius 1 is 0.295 bits per heavy atom. The number of anilines is 6. The third kappa shape index (κ3) is 6.59. The summed E-state index contributed by atoms with van der Waals surface area (Å²) >= 11 is 0. The van der Waals surface area contributed by atoms with Crippen molar-refractivity contribution < 1.29 is 4.42 Å². The van der Waals surface area contributed by atoms with E-state index in [0.717, 1.165) is 89.1 Å². The summed E-state index contributed by atoms with van der Waals surface area (Å²) < 4.78 is 6.99. The Kier molecular flexibility index (Phi) is 9.18. The maximum absolute atomic E-state index is 6.99. The third-order valence-electron chi connectivity index (χ3n) is 11.7. The highest BCUT2D eigenvalue weighted by Crippen LogP contribution is 2.53. The van der Waals surface area contributed by atoms with E-state index in [1.54, 1.807) is 0 Å². The molecule has 0 atom stereocenters. The summed E-state index contributed by atoms with van der Waals surface area (Å²) in [4.78, 5) is 4.84. The second kappa shape index (κ2) is 15.6. The zero-order chi connectivity index (χ0) is 40.5. The van der Waals surface area contributed by atoms with E-state index in [1.165, 1.54) is 11.1 Å². The molecule has 3 nitrogen and oxygen atoms in total. The molecular weight excluding hydrogens is 741 g/mol. The van der Waals surface area contributed by atoms with Crippen LogP contribution in [0.4, 0.5) is 34.1 Å². The van der Waals surface area contributed by atoms with Gasteiger partial charge in [0.1, 0.15) is 11.2 Å². The summed E-state index contributed by atoms with van der Waals surface area (Å²) in [6.45, 7) is 0. The van der Waals surface area contributed by atoms with E-state index in [1.807, 2.05) is 0 Å². The van der Waals surface area contributed by atoms with E-state index in [-0.39, 0.29) is 0 Å². The van der Waals surface area contributed by atoms with Crippen LogP contribution in [0.5, 0.6) is 0 Å². The van der Waals surface area contributed by atoms with Crippen LogP contribution in [-0.2, 0) is 0 Å². The van der Waals surface area contributed by atoms with Crippen LogP contribution < -0.4 is 9.80 Å². The van der Waals surface area contributed by atoms with Crippen molar-refractivity contribution in [1.29, 1.82) is 0 Å². The van der Waals surface area contributed by atoms with Crippen LogP contribution in [0.15, 0.2) is 247 Å². The summed E-state index contributed by atoms with van der Waals surface area (Å²) in [6.07, 6.45) is 0. The summed E-state index contributed by atoms with van der Waals surface area (Å²) in [7, 11) is 0. The fourth-order valence-corrected chi connectivity index (χ4v) is 8.76. The van der Waals surface area contributed by atoms with Gasteiger partial charge >= 0.3 is 0 Å². The van der Waals surface area contributed by atoms with Crippen LogP contribution in [-0.4, -0.2) is 0 Å². The number of para-hydroxylation sites is 2. The predicted molar refractivity (Wildman–Crippen MR) is 257 cm³/mol. The molecule has 11 aromatic rings. The Balaban J connectivity index is 1.24. The minimum atomic E-state index is 0.820. The highest BCUT2D eigenvalue weighted by Gasteiger charge is 2.29. The molecule has 61 heavy (non-hydrogen) atoms. The minimum absolute atomic E-state index is 0.820. The number of rotatable bonds is 9. The molecule has 0 aliphatic carbocycles. The highest BCUT2D eigenvalue weighted by molar-refractivity contribution is 6.22. The van der Waals surface area contributed by atoms with E-state index < -0.39 is 0 Å². The SMILES string of the molecule is c1ccc(-c2ccc(N(c3ccccc3)c3ccc4oc5c6ccccc6ccc5c4c3N(c3ccc(-c4ccccc4)cc3)c3ccccc3-c3ccccc3)cc2)cc1. The summed E-state index contributed by atoms with van der Waals surface area (Å²) in [5.41, 5.74) is 14.8. The molecule has 0 spiro atoms. The second-order valence-corrected chi connectivity index (χ2v) is 15.3. The number of nitrogens with zero attached hydrogens (tertiary/aromatic N) is 2. The maximum atomic E-state index is 6.99. The molecule has 0 unspecified atom stereocenters. The summed E-state index contributed by atoms with van der Waals surface area (Å²) in [5, 5.41) is 4.32. The van der Waals surface area contributed by atoms with Gasteiger partial charge < -0.3 is 14.2 Å². The third-order valence-corrected chi connectivity index (χ3v) is 11.7. The van der Waals surface area contributed by atoms with Crippen molar-refractivity contribution in [3.8, 4) is 33.4 Å². The van der Waals surface area contributed by atoms with Gasteiger partial charge in [0.25, 0.3) is 0 Å². The smallest absolute Gasteiger partial charge is 0.143 e. The topological polar surface area (TPSA) is 19.6 Å². The van der Waals surface area contributed by atoms with Crippen LogP contribution in [0.25, 0.3) is 66.1 Å². The van der Waals surface area contributed by atoms with E-state index in [4.69, 9.17) is 4.42 Å². The van der Waals surface area contributed by atoms with Gasteiger partial charge in [-0.1, -0.05) is 182 Å². The molecule has 0 aliphatic rings. The standard InChI is InChI=1S/C58H40N2O/c1-5-17-41(18-6-1)43-29-34-48(35-30-43)59(47-24-11-4-12-25-47)54-39-40-55-56(52-38-33-46-23-13-14-27-51(46)58(52)61-55)57(54)60(49-36-31-44(32-37-49)42-19-7-2-8-20-42)53-28-16-15-26-50(53)45-21-9-3-10-22-45/h1-40H. The second-order valence-electron chi connectivity index (χ2n) is 15.3. The van der Waals surface area contributed by atoms with Gasteiger partial charge in [0.15, 0.2) is 0 Å². The molecule has 0 radical (unpaired) electrons. The molecule has 0 aliphatic heterocycles. The van der Waals surface area contributed by atoms with Gasteiger partial charge in [0, 0.05) is 33.4 Å². The molecule has 0 amide bonds. The Morgan fingerprint density at radius 3 is 1.43 bits per heavy atom. The summed E-state index contributed by atoms with van der Waals surface area (Å²) in [5.74, 6) is 0. The molecule has 0 fully saturated rings. The average molecular weight is 781 g/mol. The molecule has 0 bridgehead atoms. The lowest BCUT2D eigenvalue weighted by Gasteiger charge is -2.34. The van der Waals surface area contributed by atoms with Gasteiger partial charge in [-0.15, -0.1) is 0 Å². The van der Waals surface area contributed by atoms with Gasteiger partial charge in [-0.25, -0.2) is 0 Å². The minimum Gasteiger partial charge on any atom is -0.455 e. The number of furan rings is 1. The first-order valence-corrected chi connectivity index (χ1v) is 20.8. The number of hydrogen-bond donors (Lipinski definition) is 0. The lowest BCUT2D eigenvalue weighted by atomic mass is 9.98. The van der Waals surface area contributed by atoms with Gasteiger partial charge in [0.05, 0.1) is 22.4 Å². The first kappa shape index (κ1) is 36.0.